The fourth-order valence-corrected chi connectivity index (χ4v) is 4.46. The van der Waals surface area contributed by atoms with E-state index in [4.69, 9.17) is 21.3 Å². The van der Waals surface area contributed by atoms with Gasteiger partial charge in [-0.15, -0.1) is 0 Å². The number of ether oxygens (including phenoxy) is 1. The van der Waals surface area contributed by atoms with Crippen molar-refractivity contribution < 1.29 is 9.53 Å². The van der Waals surface area contributed by atoms with E-state index in [9.17, 15) is 10.1 Å². The smallest absolute Gasteiger partial charge is 0.254 e. The first-order chi connectivity index (χ1) is 16.3. The van der Waals surface area contributed by atoms with Crippen LogP contribution in [0.15, 0.2) is 42.5 Å². The van der Waals surface area contributed by atoms with Crippen molar-refractivity contribution in [3.05, 3.63) is 59.2 Å². The third kappa shape index (κ3) is 4.55. The zero-order valence-corrected chi connectivity index (χ0v) is 19.8. The number of carbonyl (C=O) groups excluding carboxylic acids is 1. The number of nitrogens with zero attached hydrogens (tertiary/aromatic N) is 4. The molecule has 0 spiro atoms. The molecule has 0 aliphatic carbocycles. The van der Waals surface area contributed by atoms with Gasteiger partial charge in [0.25, 0.3) is 5.91 Å². The highest BCUT2D eigenvalue weighted by Gasteiger charge is 2.28. The van der Waals surface area contributed by atoms with Crippen LogP contribution in [-0.2, 0) is 0 Å². The van der Waals surface area contributed by atoms with Crippen molar-refractivity contribution in [1.29, 1.82) is 5.26 Å². The third-order valence-corrected chi connectivity index (χ3v) is 6.20. The number of hydrogen-bond donors (Lipinski definition) is 2. The minimum atomic E-state index is -0.640. The van der Waals surface area contributed by atoms with Crippen LogP contribution in [0.5, 0.6) is 11.5 Å². The molecule has 0 bridgehead atoms. The fourth-order valence-electron chi connectivity index (χ4n) is 4.46. The molecule has 1 atom stereocenters. The molecule has 4 N–H and O–H groups in total. The van der Waals surface area contributed by atoms with E-state index in [0.717, 1.165) is 24.2 Å². The number of carbonyl (C=O) groups is 1. The zero-order valence-electron chi connectivity index (χ0n) is 19.8. The molecule has 176 valence electrons. The van der Waals surface area contributed by atoms with Crippen LogP contribution in [0.1, 0.15) is 60.1 Å². The third-order valence-electron chi connectivity index (χ3n) is 6.20. The summed E-state index contributed by atoms with van der Waals surface area (Å²) in [5.74, 6) is 1.30. The number of amides is 1. The van der Waals surface area contributed by atoms with Crippen molar-refractivity contribution in [2.24, 2.45) is 5.73 Å². The Morgan fingerprint density at radius 3 is 2.76 bits per heavy atom. The number of aromatic nitrogens is 2. The predicted molar refractivity (Wildman–Crippen MR) is 131 cm³/mol. The summed E-state index contributed by atoms with van der Waals surface area (Å²) in [7, 11) is 0. The molecule has 1 aliphatic heterocycles. The molecule has 0 saturated carbocycles. The van der Waals surface area contributed by atoms with Gasteiger partial charge in [0.05, 0.1) is 12.6 Å². The average Bonchev–Trinajstić information content (AvgIpc) is 3.17. The second-order valence-corrected chi connectivity index (χ2v) is 9.09. The highest BCUT2D eigenvalue weighted by molar-refractivity contribution is 6.03. The lowest BCUT2D eigenvalue weighted by atomic mass is 10.00. The molecule has 8 heteroatoms. The Balaban J connectivity index is 1.71. The van der Waals surface area contributed by atoms with Crippen LogP contribution in [0.2, 0.25) is 0 Å². The van der Waals surface area contributed by atoms with Gasteiger partial charge in [0.1, 0.15) is 28.6 Å². The molecule has 1 aromatic heterocycles. The summed E-state index contributed by atoms with van der Waals surface area (Å²) < 4.78 is 7.89. The summed E-state index contributed by atoms with van der Waals surface area (Å²) in [6.45, 7) is 7.52. The van der Waals surface area contributed by atoms with Gasteiger partial charge in [0.15, 0.2) is 6.19 Å². The number of anilines is 1. The predicted octanol–water partition coefficient (Wildman–Crippen LogP) is 4.57. The van der Waals surface area contributed by atoms with E-state index >= 15 is 0 Å². The number of benzene rings is 2. The molecule has 1 aliphatic rings. The van der Waals surface area contributed by atoms with Gasteiger partial charge in [-0.1, -0.05) is 43.7 Å². The lowest BCUT2D eigenvalue weighted by Crippen LogP contribution is -2.34. The maximum Gasteiger partial charge on any atom is 0.254 e. The van der Waals surface area contributed by atoms with Crippen LogP contribution in [0, 0.1) is 18.4 Å². The summed E-state index contributed by atoms with van der Waals surface area (Å²) in [6.07, 6.45) is 3.85. The van der Waals surface area contributed by atoms with Crippen molar-refractivity contribution in [2.75, 3.05) is 18.8 Å². The Morgan fingerprint density at radius 1 is 1.26 bits per heavy atom. The SMILES string of the molecule is Cc1ccc(Oc2cccc(-c3nn(C4CCCN(C#N)C4)c(N)c3C(N)=O)c2)c(C(C)C)c1. The Morgan fingerprint density at radius 2 is 2.06 bits per heavy atom. The van der Waals surface area contributed by atoms with Crippen molar-refractivity contribution >= 4 is 11.7 Å². The quantitative estimate of drug-likeness (QED) is 0.522. The van der Waals surface area contributed by atoms with Crippen molar-refractivity contribution in [1.82, 2.24) is 14.7 Å². The molecular formula is C26H30N6O2. The second-order valence-electron chi connectivity index (χ2n) is 9.09. The lowest BCUT2D eigenvalue weighted by molar-refractivity contribution is 0.100. The number of nitriles is 1. The number of primary amides is 1. The molecule has 8 nitrogen and oxygen atoms in total. The minimum absolute atomic E-state index is 0.110. The highest BCUT2D eigenvalue weighted by Crippen LogP contribution is 2.36. The molecule has 1 saturated heterocycles. The zero-order chi connectivity index (χ0) is 24.4. The van der Waals surface area contributed by atoms with E-state index in [2.05, 4.69) is 33.0 Å². The van der Waals surface area contributed by atoms with E-state index in [1.807, 2.05) is 36.4 Å². The van der Waals surface area contributed by atoms with E-state index in [1.54, 1.807) is 9.58 Å². The van der Waals surface area contributed by atoms with Gasteiger partial charge < -0.3 is 21.1 Å². The molecule has 2 aromatic carbocycles. The molecule has 34 heavy (non-hydrogen) atoms. The van der Waals surface area contributed by atoms with E-state index in [0.29, 0.717) is 36.0 Å². The topological polar surface area (TPSA) is 123 Å². The maximum absolute atomic E-state index is 12.4. The van der Waals surface area contributed by atoms with Crippen molar-refractivity contribution in [2.45, 2.75) is 45.6 Å². The second kappa shape index (κ2) is 9.48. The van der Waals surface area contributed by atoms with Gasteiger partial charge >= 0.3 is 0 Å². The number of likely N-dealkylation sites (tertiary alicyclic amines) is 1. The Hall–Kier alpha value is -3.99. The Kier molecular flexibility index (Phi) is 6.46. The van der Waals surface area contributed by atoms with Crippen LogP contribution in [0.4, 0.5) is 5.82 Å². The van der Waals surface area contributed by atoms with E-state index < -0.39 is 5.91 Å². The molecule has 1 fully saturated rings. The fraction of sp³-hybridized carbons (Fsp3) is 0.346. The van der Waals surface area contributed by atoms with Crippen LogP contribution in [0.3, 0.4) is 0 Å². The van der Waals surface area contributed by atoms with Gasteiger partial charge in [0.2, 0.25) is 0 Å². The summed E-state index contributed by atoms with van der Waals surface area (Å²) >= 11 is 0. The largest absolute Gasteiger partial charge is 0.457 e. The van der Waals surface area contributed by atoms with Crippen LogP contribution in [-0.4, -0.2) is 33.7 Å². The highest BCUT2D eigenvalue weighted by atomic mass is 16.5. The number of piperidine rings is 1. The van der Waals surface area contributed by atoms with Crippen LogP contribution < -0.4 is 16.2 Å². The summed E-state index contributed by atoms with van der Waals surface area (Å²) in [4.78, 5) is 14.0. The van der Waals surface area contributed by atoms with E-state index in [1.165, 1.54) is 5.56 Å². The van der Waals surface area contributed by atoms with Gasteiger partial charge in [-0.25, -0.2) is 4.68 Å². The first-order valence-electron chi connectivity index (χ1n) is 11.5. The van der Waals surface area contributed by atoms with Crippen LogP contribution >= 0.6 is 0 Å². The normalized spacial score (nSPS) is 15.9. The number of nitrogen functional groups attached to an aromatic ring is 1. The minimum Gasteiger partial charge on any atom is -0.457 e. The molecule has 0 radical (unpaired) electrons. The van der Waals surface area contributed by atoms with Crippen molar-refractivity contribution in [3.63, 3.8) is 0 Å². The average molecular weight is 459 g/mol. The number of nitrogens with two attached hydrogens (primary N) is 2. The number of rotatable bonds is 6. The molecular weight excluding hydrogens is 428 g/mol. The van der Waals surface area contributed by atoms with Gasteiger partial charge in [-0.2, -0.15) is 10.4 Å². The molecule has 2 heterocycles. The number of hydrogen-bond acceptors (Lipinski definition) is 6. The molecule has 1 unspecified atom stereocenters. The Labute approximate surface area is 199 Å². The number of aryl methyl sites for hydroxylation is 1. The molecule has 3 aromatic rings. The molecule has 4 rings (SSSR count). The first-order valence-corrected chi connectivity index (χ1v) is 11.5. The van der Waals surface area contributed by atoms with Gasteiger partial charge in [-0.3, -0.25) is 4.79 Å². The summed E-state index contributed by atoms with van der Waals surface area (Å²) in [5.41, 5.74) is 15.6. The summed E-state index contributed by atoms with van der Waals surface area (Å²) in [6, 6.07) is 13.4. The Bertz CT molecular complexity index is 1260. The standard InChI is InChI=1S/C26H30N6O2/c1-16(2)21-12-17(3)9-10-22(21)34-20-8-4-6-18(13-20)24-23(26(29)33)25(28)32(30-24)19-7-5-11-31(14-19)15-27/h4,6,8-10,12-13,16,19H,5,7,11,14,28H2,1-3H3,(H2,29,33). The summed E-state index contributed by atoms with van der Waals surface area (Å²) in [5, 5.41) is 14.0. The lowest BCUT2D eigenvalue weighted by Gasteiger charge is -2.29. The van der Waals surface area contributed by atoms with E-state index in [-0.39, 0.29) is 17.4 Å². The monoisotopic (exact) mass is 458 g/mol. The van der Waals surface area contributed by atoms with Crippen LogP contribution in [0.25, 0.3) is 11.3 Å². The molecule has 1 amide bonds. The maximum atomic E-state index is 12.4. The van der Waals surface area contributed by atoms with Crippen molar-refractivity contribution in [3.8, 4) is 28.9 Å². The van der Waals surface area contributed by atoms with Gasteiger partial charge in [0, 0.05) is 12.1 Å². The van der Waals surface area contributed by atoms with Gasteiger partial charge in [-0.05, 0) is 49.4 Å². The first kappa shape index (κ1) is 23.2.